The third-order valence-electron chi connectivity index (χ3n) is 4.09. The van der Waals surface area contributed by atoms with Crippen LogP contribution in [0, 0.1) is 0 Å². The Morgan fingerprint density at radius 2 is 1.93 bits per heavy atom. The predicted octanol–water partition coefficient (Wildman–Crippen LogP) is 2.04. The van der Waals surface area contributed by atoms with Gasteiger partial charge in [-0.1, -0.05) is 12.1 Å². The van der Waals surface area contributed by atoms with Gasteiger partial charge in [-0.2, -0.15) is 0 Å². The van der Waals surface area contributed by atoms with E-state index in [-0.39, 0.29) is 19.0 Å². The van der Waals surface area contributed by atoms with Crippen LogP contribution in [0.3, 0.4) is 0 Å². The standard InChI is InChI=1S/C21H24N2O5/c1-26-14-28-18-4-2-3-15(9-18)11-22-12-17(24)13-27-19-6-7-20-16(10-19)5-8-21(25)23-20/h2-10,17,22,24H,11-14H2,1H3,(H,23,25). The summed E-state index contributed by atoms with van der Waals surface area (Å²) >= 11 is 0. The van der Waals surface area contributed by atoms with Gasteiger partial charge in [0, 0.05) is 37.2 Å². The van der Waals surface area contributed by atoms with Crippen LogP contribution in [0.5, 0.6) is 11.5 Å². The minimum atomic E-state index is -0.654. The SMILES string of the molecule is COCOc1cccc(CNCC(O)COc2ccc3[nH]c(=O)ccc3c2)c1. The number of benzene rings is 2. The number of rotatable bonds is 10. The van der Waals surface area contributed by atoms with Crippen LogP contribution in [0.1, 0.15) is 5.56 Å². The zero-order valence-corrected chi connectivity index (χ0v) is 15.7. The fourth-order valence-electron chi connectivity index (χ4n) is 2.73. The Morgan fingerprint density at radius 1 is 1.07 bits per heavy atom. The minimum Gasteiger partial charge on any atom is -0.491 e. The van der Waals surface area contributed by atoms with Gasteiger partial charge in [-0.3, -0.25) is 4.79 Å². The molecular formula is C21H24N2O5. The second kappa shape index (κ2) is 9.89. The summed E-state index contributed by atoms with van der Waals surface area (Å²) in [7, 11) is 1.58. The lowest BCUT2D eigenvalue weighted by Crippen LogP contribution is -2.31. The molecule has 0 fully saturated rings. The number of aromatic amines is 1. The zero-order valence-electron chi connectivity index (χ0n) is 15.7. The highest BCUT2D eigenvalue weighted by molar-refractivity contribution is 5.79. The molecule has 1 unspecified atom stereocenters. The largest absolute Gasteiger partial charge is 0.491 e. The maximum absolute atomic E-state index is 11.3. The molecule has 7 heteroatoms. The van der Waals surface area contributed by atoms with Crippen LogP contribution in [-0.4, -0.2) is 43.2 Å². The molecule has 1 atom stereocenters. The number of pyridine rings is 1. The molecule has 0 amide bonds. The van der Waals surface area contributed by atoms with Crippen molar-refractivity contribution < 1.29 is 19.3 Å². The van der Waals surface area contributed by atoms with Gasteiger partial charge < -0.3 is 29.6 Å². The van der Waals surface area contributed by atoms with Crippen molar-refractivity contribution in [2.24, 2.45) is 0 Å². The van der Waals surface area contributed by atoms with E-state index in [9.17, 15) is 9.90 Å². The van der Waals surface area contributed by atoms with Gasteiger partial charge >= 0.3 is 0 Å². The molecule has 28 heavy (non-hydrogen) atoms. The molecule has 0 bridgehead atoms. The molecule has 0 spiro atoms. The van der Waals surface area contributed by atoms with E-state index in [0.717, 1.165) is 22.2 Å². The third-order valence-corrected chi connectivity index (χ3v) is 4.09. The van der Waals surface area contributed by atoms with Crippen LogP contribution in [0.4, 0.5) is 0 Å². The smallest absolute Gasteiger partial charge is 0.248 e. The summed E-state index contributed by atoms with van der Waals surface area (Å²) < 4.78 is 16.0. The molecule has 148 valence electrons. The lowest BCUT2D eigenvalue weighted by molar-refractivity contribution is 0.0511. The van der Waals surface area contributed by atoms with E-state index in [1.54, 1.807) is 25.3 Å². The van der Waals surface area contributed by atoms with Gasteiger partial charge in [-0.05, 0) is 42.0 Å². The van der Waals surface area contributed by atoms with E-state index in [1.807, 2.05) is 30.3 Å². The molecule has 2 aromatic carbocycles. The van der Waals surface area contributed by atoms with Gasteiger partial charge in [0.15, 0.2) is 6.79 Å². The van der Waals surface area contributed by atoms with Gasteiger partial charge in [-0.15, -0.1) is 0 Å². The number of hydrogen-bond acceptors (Lipinski definition) is 6. The van der Waals surface area contributed by atoms with Crippen molar-refractivity contribution in [2.45, 2.75) is 12.6 Å². The van der Waals surface area contributed by atoms with Crippen molar-refractivity contribution in [3.05, 3.63) is 70.5 Å². The molecule has 1 heterocycles. The fraction of sp³-hybridized carbons (Fsp3) is 0.286. The van der Waals surface area contributed by atoms with Gasteiger partial charge in [0.05, 0.1) is 0 Å². The van der Waals surface area contributed by atoms with Gasteiger partial charge in [0.25, 0.3) is 0 Å². The molecule has 0 saturated heterocycles. The molecule has 3 aromatic rings. The molecular weight excluding hydrogens is 360 g/mol. The van der Waals surface area contributed by atoms with Crippen LogP contribution in [-0.2, 0) is 11.3 Å². The van der Waals surface area contributed by atoms with Crippen LogP contribution < -0.4 is 20.3 Å². The molecule has 3 N–H and O–H groups in total. The number of ether oxygens (including phenoxy) is 3. The number of hydrogen-bond donors (Lipinski definition) is 3. The maximum Gasteiger partial charge on any atom is 0.248 e. The normalized spacial score (nSPS) is 12.1. The van der Waals surface area contributed by atoms with E-state index >= 15 is 0 Å². The Bertz CT molecular complexity index is 957. The number of aliphatic hydroxyl groups is 1. The number of fused-ring (bicyclic) bond motifs is 1. The first-order valence-electron chi connectivity index (χ1n) is 8.99. The number of H-pyrrole nitrogens is 1. The molecule has 7 nitrogen and oxygen atoms in total. The number of aliphatic hydroxyl groups excluding tert-OH is 1. The average Bonchev–Trinajstić information content (AvgIpc) is 2.71. The first-order valence-corrected chi connectivity index (χ1v) is 8.99. The van der Waals surface area contributed by atoms with Crippen LogP contribution in [0.2, 0.25) is 0 Å². The molecule has 0 aliphatic carbocycles. The van der Waals surface area contributed by atoms with Crippen molar-refractivity contribution in [2.75, 3.05) is 27.1 Å². The summed E-state index contributed by atoms with van der Waals surface area (Å²) in [6.45, 7) is 1.37. The number of aromatic nitrogens is 1. The van der Waals surface area contributed by atoms with E-state index in [4.69, 9.17) is 14.2 Å². The van der Waals surface area contributed by atoms with Crippen LogP contribution in [0.25, 0.3) is 10.9 Å². The molecule has 0 aliphatic rings. The summed E-state index contributed by atoms with van der Waals surface area (Å²) in [5.74, 6) is 1.38. The van der Waals surface area contributed by atoms with E-state index in [2.05, 4.69) is 10.3 Å². The summed E-state index contributed by atoms with van der Waals surface area (Å²) in [5.41, 5.74) is 1.66. The summed E-state index contributed by atoms with van der Waals surface area (Å²) in [4.78, 5) is 14.1. The summed E-state index contributed by atoms with van der Waals surface area (Å²) in [5, 5.41) is 14.2. The van der Waals surface area contributed by atoms with Crippen molar-refractivity contribution in [3.8, 4) is 11.5 Å². The quantitative estimate of drug-likeness (QED) is 0.463. The highest BCUT2D eigenvalue weighted by atomic mass is 16.7. The average molecular weight is 384 g/mol. The zero-order chi connectivity index (χ0) is 19.8. The molecule has 0 radical (unpaired) electrons. The second-order valence-electron chi connectivity index (χ2n) is 6.37. The first-order chi connectivity index (χ1) is 13.6. The molecule has 0 saturated carbocycles. The molecule has 3 rings (SSSR count). The summed E-state index contributed by atoms with van der Waals surface area (Å²) in [6.07, 6.45) is -0.654. The number of nitrogens with one attached hydrogen (secondary N) is 2. The Balaban J connectivity index is 1.44. The van der Waals surface area contributed by atoms with E-state index in [1.165, 1.54) is 6.07 Å². The van der Waals surface area contributed by atoms with E-state index < -0.39 is 6.10 Å². The minimum absolute atomic E-state index is 0.140. The highest BCUT2D eigenvalue weighted by Crippen LogP contribution is 2.18. The topological polar surface area (TPSA) is 92.8 Å². The lowest BCUT2D eigenvalue weighted by Gasteiger charge is -2.14. The van der Waals surface area contributed by atoms with Crippen molar-refractivity contribution in [3.63, 3.8) is 0 Å². The Labute approximate surface area is 162 Å². The van der Waals surface area contributed by atoms with E-state index in [0.29, 0.717) is 18.8 Å². The monoisotopic (exact) mass is 384 g/mol. The first kappa shape index (κ1) is 19.9. The van der Waals surface area contributed by atoms with Crippen LogP contribution >= 0.6 is 0 Å². The summed E-state index contributed by atoms with van der Waals surface area (Å²) in [6, 6.07) is 16.3. The van der Waals surface area contributed by atoms with Gasteiger partial charge in [-0.25, -0.2) is 0 Å². The second-order valence-corrected chi connectivity index (χ2v) is 6.37. The Morgan fingerprint density at radius 3 is 2.79 bits per heavy atom. The molecule has 0 aliphatic heterocycles. The lowest BCUT2D eigenvalue weighted by atomic mass is 10.2. The van der Waals surface area contributed by atoms with Crippen molar-refractivity contribution in [1.82, 2.24) is 10.3 Å². The molecule has 1 aromatic heterocycles. The number of methoxy groups -OCH3 is 1. The third kappa shape index (κ3) is 5.82. The van der Waals surface area contributed by atoms with Crippen molar-refractivity contribution in [1.29, 1.82) is 0 Å². The van der Waals surface area contributed by atoms with Gasteiger partial charge in [0.2, 0.25) is 5.56 Å². The maximum atomic E-state index is 11.3. The Hall–Kier alpha value is -2.87. The fourth-order valence-corrected chi connectivity index (χ4v) is 2.73. The predicted molar refractivity (Wildman–Crippen MR) is 107 cm³/mol. The Kier molecular flexibility index (Phi) is 7.02. The van der Waals surface area contributed by atoms with Crippen molar-refractivity contribution >= 4 is 10.9 Å². The van der Waals surface area contributed by atoms with Gasteiger partial charge in [0.1, 0.15) is 24.2 Å². The van der Waals surface area contributed by atoms with Crippen LogP contribution in [0.15, 0.2) is 59.4 Å². The highest BCUT2D eigenvalue weighted by Gasteiger charge is 2.06.